The molecule has 1 aliphatic heterocycles. The van der Waals surface area contributed by atoms with E-state index in [2.05, 4.69) is 52.1 Å². The van der Waals surface area contributed by atoms with Gasteiger partial charge in [0, 0.05) is 31.9 Å². The number of pyridine rings is 1. The molecule has 1 fully saturated rings. The van der Waals surface area contributed by atoms with Crippen LogP contribution in [-0.4, -0.2) is 37.1 Å². The molecule has 3 aromatic rings. The molecule has 28 heavy (non-hydrogen) atoms. The van der Waals surface area contributed by atoms with Crippen molar-refractivity contribution in [2.45, 2.75) is 13.8 Å². The Morgan fingerprint density at radius 1 is 1.00 bits per heavy atom. The van der Waals surface area contributed by atoms with Gasteiger partial charge in [0.1, 0.15) is 5.82 Å². The Balaban J connectivity index is 1.37. The normalized spacial score (nSPS) is 14.2. The van der Waals surface area contributed by atoms with Crippen molar-refractivity contribution in [3.8, 4) is 0 Å². The zero-order chi connectivity index (χ0) is 19.5. The average Bonchev–Trinajstić information content (AvgIpc) is 3.26. The van der Waals surface area contributed by atoms with Crippen molar-refractivity contribution >= 4 is 34.4 Å². The summed E-state index contributed by atoms with van der Waals surface area (Å²) in [6, 6.07) is 14.1. The summed E-state index contributed by atoms with van der Waals surface area (Å²) < 4.78 is 0. The molecule has 1 saturated heterocycles. The minimum atomic E-state index is -0.114. The summed E-state index contributed by atoms with van der Waals surface area (Å²) in [6.45, 7) is 8.25. The molecule has 0 spiro atoms. The highest BCUT2D eigenvalue weighted by Gasteiger charge is 2.19. The van der Waals surface area contributed by atoms with Crippen LogP contribution >= 0.6 is 11.3 Å². The van der Waals surface area contributed by atoms with Crippen LogP contribution in [0.3, 0.4) is 0 Å². The molecular formula is C22H24N4OS. The number of amides is 1. The van der Waals surface area contributed by atoms with E-state index in [9.17, 15) is 4.79 Å². The van der Waals surface area contributed by atoms with E-state index in [0.717, 1.165) is 31.9 Å². The number of aryl methyl sites for hydroxylation is 1. The lowest BCUT2D eigenvalue weighted by atomic mass is 10.1. The van der Waals surface area contributed by atoms with Gasteiger partial charge in [-0.1, -0.05) is 18.2 Å². The second kappa shape index (κ2) is 8.02. The molecule has 4 rings (SSSR count). The Labute approximate surface area is 169 Å². The smallest absolute Gasteiger partial charge is 0.266 e. The maximum absolute atomic E-state index is 12.1. The van der Waals surface area contributed by atoms with Gasteiger partial charge >= 0.3 is 0 Å². The number of rotatable bonds is 4. The first-order valence-electron chi connectivity index (χ1n) is 9.49. The lowest BCUT2D eigenvalue weighted by Crippen LogP contribution is -2.46. The molecule has 0 unspecified atom stereocenters. The summed E-state index contributed by atoms with van der Waals surface area (Å²) in [7, 11) is 0. The van der Waals surface area contributed by atoms with E-state index in [4.69, 9.17) is 0 Å². The van der Waals surface area contributed by atoms with E-state index in [0.29, 0.717) is 10.7 Å². The molecule has 0 aliphatic carbocycles. The molecule has 0 atom stereocenters. The minimum absolute atomic E-state index is 0.114. The minimum Gasteiger partial charge on any atom is -0.368 e. The second-order valence-electron chi connectivity index (χ2n) is 7.03. The van der Waals surface area contributed by atoms with Crippen molar-refractivity contribution in [1.82, 2.24) is 4.98 Å². The molecule has 3 heterocycles. The van der Waals surface area contributed by atoms with Crippen LogP contribution in [0.1, 0.15) is 20.8 Å². The van der Waals surface area contributed by atoms with Crippen LogP contribution in [0.25, 0.3) is 0 Å². The highest BCUT2D eigenvalue weighted by molar-refractivity contribution is 7.12. The van der Waals surface area contributed by atoms with Crippen LogP contribution in [0.15, 0.2) is 54.0 Å². The standard InChI is InChI=1S/C22H24N4OS/c1-16-5-3-6-19(17(16)2)26-12-10-25(11-13-26)18-8-9-21(23-15-18)24-22(27)20-7-4-14-28-20/h3-9,14-15H,10-13H2,1-2H3,(H,23,24,27). The Kier molecular flexibility index (Phi) is 5.30. The first kappa shape index (κ1) is 18.5. The van der Waals surface area contributed by atoms with Crippen molar-refractivity contribution in [2.24, 2.45) is 0 Å². The number of nitrogens with zero attached hydrogens (tertiary/aromatic N) is 3. The Hall–Kier alpha value is -2.86. The number of carbonyl (C=O) groups excluding carboxylic acids is 1. The zero-order valence-electron chi connectivity index (χ0n) is 16.2. The van der Waals surface area contributed by atoms with Crippen LogP contribution in [0.2, 0.25) is 0 Å². The number of carbonyl (C=O) groups is 1. The Morgan fingerprint density at radius 2 is 1.79 bits per heavy atom. The summed E-state index contributed by atoms with van der Waals surface area (Å²) in [4.78, 5) is 22.0. The Bertz CT molecular complexity index is 945. The maximum atomic E-state index is 12.1. The lowest BCUT2D eigenvalue weighted by molar-refractivity contribution is 0.103. The van der Waals surface area contributed by atoms with Crippen LogP contribution in [0.4, 0.5) is 17.2 Å². The third-order valence-electron chi connectivity index (χ3n) is 5.30. The Morgan fingerprint density at radius 3 is 2.46 bits per heavy atom. The van der Waals surface area contributed by atoms with Gasteiger partial charge in [0.15, 0.2) is 0 Å². The van der Waals surface area contributed by atoms with Gasteiger partial charge in [-0.2, -0.15) is 0 Å². The van der Waals surface area contributed by atoms with Crippen molar-refractivity contribution in [1.29, 1.82) is 0 Å². The van der Waals surface area contributed by atoms with Crippen molar-refractivity contribution in [3.05, 3.63) is 70.0 Å². The lowest BCUT2D eigenvalue weighted by Gasteiger charge is -2.38. The fourth-order valence-corrected chi connectivity index (χ4v) is 4.14. The van der Waals surface area contributed by atoms with Gasteiger partial charge in [-0.15, -0.1) is 11.3 Å². The number of hydrogen-bond donors (Lipinski definition) is 1. The van der Waals surface area contributed by atoms with Crippen molar-refractivity contribution in [3.63, 3.8) is 0 Å². The summed E-state index contributed by atoms with van der Waals surface area (Å²) in [5, 5.41) is 4.74. The molecule has 1 N–H and O–H groups in total. The molecule has 144 valence electrons. The summed E-state index contributed by atoms with van der Waals surface area (Å²) in [6.07, 6.45) is 1.84. The summed E-state index contributed by atoms with van der Waals surface area (Å²) in [5.74, 6) is 0.466. The fourth-order valence-electron chi connectivity index (χ4n) is 3.52. The SMILES string of the molecule is Cc1cccc(N2CCN(c3ccc(NC(=O)c4cccs4)nc3)CC2)c1C. The van der Waals surface area contributed by atoms with Gasteiger partial charge in [-0.05, 0) is 54.6 Å². The predicted molar refractivity (Wildman–Crippen MR) is 117 cm³/mol. The van der Waals surface area contributed by atoms with Gasteiger partial charge in [0.05, 0.1) is 16.8 Å². The largest absolute Gasteiger partial charge is 0.368 e. The molecule has 1 aliphatic rings. The maximum Gasteiger partial charge on any atom is 0.266 e. The molecule has 5 nitrogen and oxygen atoms in total. The van der Waals surface area contributed by atoms with Gasteiger partial charge in [-0.25, -0.2) is 4.98 Å². The number of hydrogen-bond acceptors (Lipinski definition) is 5. The molecule has 6 heteroatoms. The molecule has 2 aromatic heterocycles. The molecule has 0 radical (unpaired) electrons. The monoisotopic (exact) mass is 392 g/mol. The molecular weight excluding hydrogens is 368 g/mol. The van der Waals surface area contributed by atoms with E-state index < -0.39 is 0 Å². The number of benzene rings is 1. The number of anilines is 3. The van der Waals surface area contributed by atoms with Crippen LogP contribution < -0.4 is 15.1 Å². The topological polar surface area (TPSA) is 48.5 Å². The summed E-state index contributed by atoms with van der Waals surface area (Å²) in [5.41, 5.74) is 5.13. The molecule has 0 saturated carbocycles. The third-order valence-corrected chi connectivity index (χ3v) is 6.16. The van der Waals surface area contributed by atoms with Gasteiger partial charge < -0.3 is 15.1 Å². The highest BCUT2D eigenvalue weighted by atomic mass is 32.1. The number of nitrogens with one attached hydrogen (secondary N) is 1. The van der Waals surface area contributed by atoms with Crippen LogP contribution in [-0.2, 0) is 0 Å². The quantitative estimate of drug-likeness (QED) is 0.718. The number of aromatic nitrogens is 1. The number of piperazine rings is 1. The van der Waals surface area contributed by atoms with Crippen LogP contribution in [0, 0.1) is 13.8 Å². The highest BCUT2D eigenvalue weighted by Crippen LogP contribution is 2.25. The first-order valence-corrected chi connectivity index (χ1v) is 10.4. The van der Waals surface area contributed by atoms with Crippen molar-refractivity contribution in [2.75, 3.05) is 41.3 Å². The van der Waals surface area contributed by atoms with E-state index in [1.165, 1.54) is 28.2 Å². The van der Waals surface area contributed by atoms with E-state index >= 15 is 0 Å². The van der Waals surface area contributed by atoms with E-state index in [1.54, 1.807) is 0 Å². The van der Waals surface area contributed by atoms with Gasteiger partial charge in [-0.3, -0.25) is 4.79 Å². The second-order valence-corrected chi connectivity index (χ2v) is 7.97. The van der Waals surface area contributed by atoms with E-state index in [1.807, 2.05) is 35.8 Å². The number of thiophene rings is 1. The fraction of sp³-hybridized carbons (Fsp3) is 0.273. The summed E-state index contributed by atoms with van der Waals surface area (Å²) >= 11 is 1.42. The van der Waals surface area contributed by atoms with Gasteiger partial charge in [0.2, 0.25) is 0 Å². The average molecular weight is 393 g/mol. The first-order chi connectivity index (χ1) is 13.6. The molecule has 1 aromatic carbocycles. The van der Waals surface area contributed by atoms with Crippen molar-refractivity contribution < 1.29 is 4.79 Å². The van der Waals surface area contributed by atoms with Crippen LogP contribution in [0.5, 0.6) is 0 Å². The predicted octanol–water partition coefficient (Wildman–Crippen LogP) is 4.34. The third kappa shape index (κ3) is 3.87. The zero-order valence-corrected chi connectivity index (χ0v) is 17.0. The van der Waals surface area contributed by atoms with E-state index in [-0.39, 0.29) is 5.91 Å². The molecule has 0 bridgehead atoms. The molecule has 1 amide bonds. The van der Waals surface area contributed by atoms with Gasteiger partial charge in [0.25, 0.3) is 5.91 Å².